The number of carbonyl (C=O) groups is 3. The minimum atomic E-state index is -1.13. The van der Waals surface area contributed by atoms with Crippen LogP contribution in [0.3, 0.4) is 0 Å². The Bertz CT molecular complexity index is 1670. The number of carbonyl (C=O) groups excluding carboxylic acids is 3. The monoisotopic (exact) mass is 517 g/mol. The van der Waals surface area contributed by atoms with Crippen LogP contribution < -0.4 is 17.0 Å². The molecule has 0 saturated heterocycles. The lowest BCUT2D eigenvalue weighted by molar-refractivity contribution is -0.141. The van der Waals surface area contributed by atoms with Gasteiger partial charge in [0, 0.05) is 5.39 Å². The first-order valence-corrected chi connectivity index (χ1v) is 11.4. The number of esters is 2. The predicted octanol–water partition coefficient (Wildman–Crippen LogP) is 1.71. The molecule has 4 rings (SSSR count). The van der Waals surface area contributed by atoms with Crippen LogP contribution in [0.4, 0.5) is 5.82 Å². The highest BCUT2D eigenvalue weighted by molar-refractivity contribution is 6.04. The van der Waals surface area contributed by atoms with Gasteiger partial charge in [-0.3, -0.25) is 19.0 Å². The highest BCUT2D eigenvalue weighted by atomic mass is 16.5. The van der Waals surface area contributed by atoms with Crippen molar-refractivity contribution in [2.45, 2.75) is 13.1 Å². The fraction of sp³-hybridized carbons (Fsp3) is 0.148. The van der Waals surface area contributed by atoms with Crippen molar-refractivity contribution in [1.29, 1.82) is 0 Å². The minimum absolute atomic E-state index is 0.0992. The molecule has 4 aromatic rings. The largest absolute Gasteiger partial charge is 0.506 e. The number of phenolic OH excluding ortho intramolecular Hbond substituents is 1. The highest BCUT2D eigenvalue weighted by Crippen LogP contribution is 2.29. The first-order valence-electron chi connectivity index (χ1n) is 11.4. The van der Waals surface area contributed by atoms with E-state index in [0.717, 1.165) is 11.7 Å². The van der Waals surface area contributed by atoms with Gasteiger partial charge in [-0.05, 0) is 17.0 Å². The number of hydrogen-bond acceptors (Lipinski definition) is 9. The quantitative estimate of drug-likeness (QED) is 0.262. The number of phenols is 1. The average Bonchev–Trinajstić information content (AvgIpc) is 2.93. The lowest BCUT2D eigenvalue weighted by Gasteiger charge is -2.16. The number of nitrogens with two attached hydrogens (primary N) is 1. The van der Waals surface area contributed by atoms with Crippen molar-refractivity contribution < 1.29 is 29.0 Å². The van der Waals surface area contributed by atoms with Crippen molar-refractivity contribution in [1.82, 2.24) is 9.13 Å². The molecule has 0 bridgehead atoms. The average molecular weight is 517 g/mol. The van der Waals surface area contributed by atoms with E-state index in [1.54, 1.807) is 60.7 Å². The van der Waals surface area contributed by atoms with Crippen LogP contribution in [0.2, 0.25) is 0 Å². The van der Waals surface area contributed by atoms with Crippen molar-refractivity contribution >= 4 is 34.3 Å². The number of aromatic hydroxyl groups is 1. The molecule has 3 N–H and O–H groups in total. The van der Waals surface area contributed by atoms with Crippen LogP contribution in [-0.2, 0) is 27.4 Å². The maximum Gasteiger partial charge on any atom is 0.342 e. The number of nitrogens with zero attached hydrogens (tertiary/aromatic N) is 2. The zero-order chi connectivity index (χ0) is 27.4. The van der Waals surface area contributed by atoms with Crippen molar-refractivity contribution in [2.24, 2.45) is 0 Å². The van der Waals surface area contributed by atoms with Crippen molar-refractivity contribution in [2.75, 3.05) is 19.5 Å². The Morgan fingerprint density at radius 1 is 0.921 bits per heavy atom. The number of anilines is 1. The third-order valence-electron chi connectivity index (χ3n) is 5.90. The fourth-order valence-corrected chi connectivity index (χ4v) is 3.93. The molecule has 0 saturated carbocycles. The lowest BCUT2D eigenvalue weighted by atomic mass is 10.1. The predicted molar refractivity (Wildman–Crippen MR) is 137 cm³/mol. The van der Waals surface area contributed by atoms with Gasteiger partial charge < -0.3 is 20.3 Å². The van der Waals surface area contributed by atoms with Crippen molar-refractivity contribution in [3.8, 4) is 5.75 Å². The topological polar surface area (TPSA) is 160 Å². The molecule has 3 aromatic carbocycles. The molecular weight excluding hydrogens is 494 g/mol. The van der Waals surface area contributed by atoms with Crippen molar-refractivity contribution in [3.05, 3.63) is 104 Å². The zero-order valence-corrected chi connectivity index (χ0v) is 20.2. The van der Waals surface area contributed by atoms with Gasteiger partial charge in [-0.15, -0.1) is 0 Å². The van der Waals surface area contributed by atoms with E-state index in [1.807, 2.05) is 0 Å². The summed E-state index contributed by atoms with van der Waals surface area (Å²) in [4.78, 5) is 63.8. The summed E-state index contributed by atoms with van der Waals surface area (Å²) in [6, 6.07) is 18.4. The molecule has 0 spiro atoms. The Morgan fingerprint density at radius 3 is 2.32 bits per heavy atom. The van der Waals surface area contributed by atoms with Gasteiger partial charge in [-0.25, -0.2) is 14.2 Å². The van der Waals surface area contributed by atoms with Gasteiger partial charge in [0.25, 0.3) is 5.56 Å². The van der Waals surface area contributed by atoms with Gasteiger partial charge in [0.2, 0.25) is 5.78 Å². The molecule has 0 atom stereocenters. The summed E-state index contributed by atoms with van der Waals surface area (Å²) in [5.74, 6) is -3.66. The summed E-state index contributed by atoms with van der Waals surface area (Å²) in [5.41, 5.74) is 3.89. The summed E-state index contributed by atoms with van der Waals surface area (Å²) in [6.07, 6.45) is 0. The van der Waals surface area contributed by atoms with Gasteiger partial charge in [0.05, 0.1) is 13.7 Å². The fourth-order valence-electron chi connectivity index (χ4n) is 3.93. The van der Waals surface area contributed by atoms with Gasteiger partial charge >= 0.3 is 17.6 Å². The molecule has 0 aliphatic rings. The zero-order valence-electron chi connectivity index (χ0n) is 20.2. The van der Waals surface area contributed by atoms with E-state index in [-0.39, 0.29) is 17.9 Å². The van der Waals surface area contributed by atoms with E-state index in [2.05, 4.69) is 4.74 Å². The highest BCUT2D eigenvalue weighted by Gasteiger charge is 2.26. The third kappa shape index (κ3) is 5.03. The maximum absolute atomic E-state index is 13.1. The molecule has 0 radical (unpaired) electrons. The number of ketones is 1. The summed E-state index contributed by atoms with van der Waals surface area (Å²) in [5, 5.41) is 11.6. The lowest BCUT2D eigenvalue weighted by Crippen LogP contribution is -2.46. The van der Waals surface area contributed by atoms with E-state index in [9.17, 15) is 29.1 Å². The summed E-state index contributed by atoms with van der Waals surface area (Å²) >= 11 is 0. The summed E-state index contributed by atoms with van der Waals surface area (Å²) in [7, 11) is 1.08. The number of fused-ring (bicyclic) bond motifs is 1. The number of nitrogen functional groups attached to an aromatic ring is 1. The molecule has 11 heteroatoms. The van der Waals surface area contributed by atoms with Gasteiger partial charge in [-0.1, -0.05) is 60.7 Å². The molecule has 194 valence electrons. The molecule has 0 unspecified atom stereocenters. The second-order valence-electron chi connectivity index (χ2n) is 8.26. The number of methoxy groups -OCH3 is 1. The number of hydrogen-bond donors (Lipinski definition) is 2. The smallest absolute Gasteiger partial charge is 0.342 e. The van der Waals surface area contributed by atoms with Crippen LogP contribution >= 0.6 is 0 Å². The Balaban J connectivity index is 1.68. The minimum Gasteiger partial charge on any atom is -0.506 e. The molecule has 0 amide bonds. The van der Waals surface area contributed by atoms with Crippen LogP contribution in [0, 0.1) is 0 Å². The van der Waals surface area contributed by atoms with Gasteiger partial charge in [0.15, 0.2) is 6.61 Å². The summed E-state index contributed by atoms with van der Waals surface area (Å²) < 4.78 is 11.2. The Hall–Kier alpha value is -5.19. The maximum atomic E-state index is 13.1. The Morgan fingerprint density at radius 2 is 1.61 bits per heavy atom. The molecule has 0 fully saturated rings. The van der Waals surface area contributed by atoms with Gasteiger partial charge in [0.1, 0.15) is 29.2 Å². The van der Waals surface area contributed by atoms with E-state index in [1.165, 1.54) is 6.07 Å². The Labute approximate surface area is 215 Å². The van der Waals surface area contributed by atoms with E-state index < -0.39 is 53.5 Å². The number of benzene rings is 3. The van der Waals surface area contributed by atoms with E-state index in [4.69, 9.17) is 10.5 Å². The number of Topliss-reactive ketones (excluding diaryl/α,β-unsaturated/α-hetero) is 1. The second-order valence-corrected chi connectivity index (χ2v) is 8.26. The molecule has 11 nitrogen and oxygen atoms in total. The van der Waals surface area contributed by atoms with Gasteiger partial charge in [-0.2, -0.15) is 0 Å². The molecule has 0 aliphatic carbocycles. The molecule has 38 heavy (non-hydrogen) atoms. The SMILES string of the molecule is COC(=O)Cn1c(=O)c(C(=O)COC(=O)c2ccc3ccccc3c2O)c(N)n(Cc2ccccc2)c1=O. The van der Waals surface area contributed by atoms with Crippen molar-refractivity contribution in [3.63, 3.8) is 0 Å². The Kier molecular flexibility index (Phi) is 7.38. The summed E-state index contributed by atoms with van der Waals surface area (Å²) in [6.45, 7) is -1.77. The number of rotatable bonds is 8. The molecule has 1 aromatic heterocycles. The molecule has 1 heterocycles. The standard InChI is InChI=1S/C27H23N3O8/c1-37-21(32)14-30-25(34)22(24(28)29(27(30)36)13-16-7-3-2-4-8-16)20(31)15-38-26(35)19-12-11-17-9-5-6-10-18(17)23(19)33/h2-12,33H,13-15,28H2,1H3. The number of ether oxygens (including phenoxy) is 2. The van der Waals surface area contributed by atoms with Crippen LogP contribution in [0.1, 0.15) is 26.3 Å². The van der Waals surface area contributed by atoms with Crippen LogP contribution in [-0.4, -0.2) is 45.7 Å². The molecular formula is C27H23N3O8. The molecule has 0 aliphatic heterocycles. The first kappa shape index (κ1) is 25.9. The van der Waals surface area contributed by atoms with E-state index in [0.29, 0.717) is 20.9 Å². The third-order valence-corrected chi connectivity index (χ3v) is 5.90. The first-order chi connectivity index (χ1) is 18.2. The van der Waals surface area contributed by atoms with E-state index >= 15 is 0 Å². The normalized spacial score (nSPS) is 10.8. The van der Waals surface area contributed by atoms with Crippen LogP contribution in [0.5, 0.6) is 5.75 Å². The second kappa shape index (κ2) is 10.8. The van der Waals surface area contributed by atoms with Crippen LogP contribution in [0.25, 0.3) is 10.8 Å². The number of aromatic nitrogens is 2. The van der Waals surface area contributed by atoms with Crippen LogP contribution in [0.15, 0.2) is 76.3 Å².